The van der Waals surface area contributed by atoms with Crippen molar-refractivity contribution in [2.24, 2.45) is 21.7 Å². The van der Waals surface area contributed by atoms with E-state index in [0.29, 0.717) is 0 Å². The number of guanidine groups is 1. The molecule has 6 heteroatoms. The third-order valence-electron chi connectivity index (χ3n) is 2.53. The summed E-state index contributed by atoms with van der Waals surface area (Å²) in [6.45, 7) is 2.96. The third kappa shape index (κ3) is 8.37. The second-order valence-corrected chi connectivity index (χ2v) is 4.25. The highest BCUT2D eigenvalue weighted by Crippen LogP contribution is 2.12. The van der Waals surface area contributed by atoms with Crippen LogP contribution in [0.5, 0.6) is 5.75 Å². The predicted octanol–water partition coefficient (Wildman–Crippen LogP) is 2.67. The number of halogens is 1. The number of unbranched alkanes of at least 4 members (excludes halogenated alkanes) is 3. The van der Waals surface area contributed by atoms with Crippen molar-refractivity contribution in [3.05, 3.63) is 29.8 Å². The van der Waals surface area contributed by atoms with Gasteiger partial charge in [-0.15, -0.1) is 17.5 Å². The lowest BCUT2D eigenvalue weighted by molar-refractivity contribution is 0.305. The van der Waals surface area contributed by atoms with Gasteiger partial charge in [-0.2, -0.15) is 5.10 Å². The summed E-state index contributed by atoms with van der Waals surface area (Å²) < 4.78 is 5.64. The number of rotatable bonds is 8. The Morgan fingerprint density at radius 1 is 1.15 bits per heavy atom. The maximum Gasteiger partial charge on any atom is 0.211 e. The quantitative estimate of drug-likeness (QED) is 0.335. The summed E-state index contributed by atoms with van der Waals surface area (Å²) in [5, 5.41) is 7.27. The van der Waals surface area contributed by atoms with E-state index < -0.39 is 0 Å². The minimum atomic E-state index is -0.0525. The maximum absolute atomic E-state index is 5.64. The van der Waals surface area contributed by atoms with Gasteiger partial charge >= 0.3 is 0 Å². The van der Waals surface area contributed by atoms with E-state index in [9.17, 15) is 0 Å². The third-order valence-corrected chi connectivity index (χ3v) is 2.53. The van der Waals surface area contributed by atoms with Crippen LogP contribution in [-0.4, -0.2) is 18.8 Å². The summed E-state index contributed by atoms with van der Waals surface area (Å²) in [5.74, 6) is 0.818. The molecule has 0 atom stereocenters. The van der Waals surface area contributed by atoms with Crippen LogP contribution in [0.25, 0.3) is 0 Å². The number of hydrogen-bond acceptors (Lipinski definition) is 3. The van der Waals surface area contributed by atoms with Gasteiger partial charge in [0, 0.05) is 0 Å². The van der Waals surface area contributed by atoms with Crippen LogP contribution in [0.3, 0.4) is 0 Å². The van der Waals surface area contributed by atoms with E-state index in [1.807, 2.05) is 24.3 Å². The fraction of sp³-hybridized carbons (Fsp3) is 0.429. The van der Waals surface area contributed by atoms with E-state index >= 15 is 0 Å². The molecule has 0 bridgehead atoms. The van der Waals surface area contributed by atoms with Crippen LogP contribution in [0.4, 0.5) is 0 Å². The molecule has 0 radical (unpaired) electrons. The fourth-order valence-electron chi connectivity index (χ4n) is 1.53. The van der Waals surface area contributed by atoms with Gasteiger partial charge in [-0.05, 0) is 36.2 Å². The van der Waals surface area contributed by atoms with Gasteiger partial charge in [-0.25, -0.2) is 0 Å². The molecular weight excluding hydrogens is 276 g/mol. The molecule has 0 unspecified atom stereocenters. The van der Waals surface area contributed by atoms with Crippen LogP contribution in [0, 0.1) is 0 Å². The predicted molar refractivity (Wildman–Crippen MR) is 86.7 cm³/mol. The summed E-state index contributed by atoms with van der Waals surface area (Å²) in [4.78, 5) is 0. The highest BCUT2D eigenvalue weighted by molar-refractivity contribution is 5.85. The van der Waals surface area contributed by atoms with Crippen molar-refractivity contribution in [3.8, 4) is 5.75 Å². The van der Waals surface area contributed by atoms with Crippen LogP contribution >= 0.6 is 12.4 Å². The number of benzene rings is 1. The monoisotopic (exact) mass is 298 g/mol. The largest absolute Gasteiger partial charge is 0.494 e. The van der Waals surface area contributed by atoms with Gasteiger partial charge in [-0.3, -0.25) is 0 Å². The molecule has 0 aliphatic heterocycles. The van der Waals surface area contributed by atoms with E-state index in [4.69, 9.17) is 16.2 Å². The summed E-state index contributed by atoms with van der Waals surface area (Å²) in [5.41, 5.74) is 11.2. The zero-order valence-corrected chi connectivity index (χ0v) is 12.6. The molecule has 112 valence electrons. The molecule has 4 N–H and O–H groups in total. The van der Waals surface area contributed by atoms with E-state index in [-0.39, 0.29) is 18.4 Å². The Morgan fingerprint density at radius 2 is 1.85 bits per heavy atom. The molecule has 0 aliphatic carbocycles. The lowest BCUT2D eigenvalue weighted by Crippen LogP contribution is -2.21. The van der Waals surface area contributed by atoms with E-state index in [0.717, 1.165) is 24.3 Å². The molecule has 0 aromatic heterocycles. The van der Waals surface area contributed by atoms with E-state index in [1.54, 1.807) is 6.21 Å². The molecule has 0 heterocycles. The van der Waals surface area contributed by atoms with Crippen molar-refractivity contribution in [1.82, 2.24) is 0 Å². The van der Waals surface area contributed by atoms with Crippen LogP contribution in [-0.2, 0) is 0 Å². The lowest BCUT2D eigenvalue weighted by atomic mass is 10.2. The Balaban J connectivity index is 0.00000361. The van der Waals surface area contributed by atoms with Crippen molar-refractivity contribution in [3.63, 3.8) is 0 Å². The summed E-state index contributed by atoms with van der Waals surface area (Å²) in [6, 6.07) is 7.65. The first-order chi connectivity index (χ1) is 9.22. The first kappa shape index (κ1) is 18.2. The fourth-order valence-corrected chi connectivity index (χ4v) is 1.53. The number of nitrogens with zero attached hydrogens (tertiary/aromatic N) is 2. The highest BCUT2D eigenvalue weighted by atomic mass is 35.5. The molecule has 0 amide bonds. The molecule has 0 fully saturated rings. The molecule has 1 aromatic carbocycles. The Morgan fingerprint density at radius 3 is 2.45 bits per heavy atom. The normalized spacial score (nSPS) is 10.1. The summed E-state index contributed by atoms with van der Waals surface area (Å²) in [7, 11) is 0. The average Bonchev–Trinajstić information content (AvgIpc) is 2.40. The zero-order chi connectivity index (χ0) is 13.9. The molecule has 1 rings (SSSR count). The summed E-state index contributed by atoms with van der Waals surface area (Å²) in [6.07, 6.45) is 6.42. The SMILES string of the molecule is CCCCCCOc1ccc(C=NN=C(N)N)cc1.Cl. The standard InChI is InChI=1S/C14H22N4O.ClH/c1-2-3-4-5-10-19-13-8-6-12(7-9-13)11-17-18-14(15)16;/h6-9,11H,2-5,10H2,1H3,(H4,15,16,18);1H. The molecule has 20 heavy (non-hydrogen) atoms. The minimum Gasteiger partial charge on any atom is -0.494 e. The summed E-state index contributed by atoms with van der Waals surface area (Å²) >= 11 is 0. The van der Waals surface area contributed by atoms with Gasteiger partial charge in [0.25, 0.3) is 0 Å². The second kappa shape index (κ2) is 11.1. The van der Waals surface area contributed by atoms with Gasteiger partial charge in [0.2, 0.25) is 5.96 Å². The van der Waals surface area contributed by atoms with Crippen molar-refractivity contribution in [2.75, 3.05) is 6.61 Å². The van der Waals surface area contributed by atoms with Crippen molar-refractivity contribution < 1.29 is 4.74 Å². The van der Waals surface area contributed by atoms with E-state index in [2.05, 4.69) is 17.1 Å². The highest BCUT2D eigenvalue weighted by Gasteiger charge is 1.94. The number of hydrogen-bond donors (Lipinski definition) is 2. The van der Waals surface area contributed by atoms with Gasteiger partial charge in [0.1, 0.15) is 5.75 Å². The van der Waals surface area contributed by atoms with Gasteiger partial charge < -0.3 is 16.2 Å². The molecule has 0 saturated carbocycles. The average molecular weight is 299 g/mol. The number of nitrogens with two attached hydrogens (primary N) is 2. The van der Waals surface area contributed by atoms with Crippen molar-refractivity contribution in [2.45, 2.75) is 32.6 Å². The molecule has 0 spiro atoms. The van der Waals surface area contributed by atoms with Crippen LogP contribution in [0.2, 0.25) is 0 Å². The minimum absolute atomic E-state index is 0. The molecule has 0 saturated heterocycles. The van der Waals surface area contributed by atoms with Crippen LogP contribution in [0.1, 0.15) is 38.2 Å². The first-order valence-corrected chi connectivity index (χ1v) is 6.57. The van der Waals surface area contributed by atoms with Crippen LogP contribution < -0.4 is 16.2 Å². The van der Waals surface area contributed by atoms with E-state index in [1.165, 1.54) is 19.3 Å². The second-order valence-electron chi connectivity index (χ2n) is 4.25. The van der Waals surface area contributed by atoms with Crippen molar-refractivity contribution >= 4 is 24.6 Å². The van der Waals surface area contributed by atoms with Gasteiger partial charge in [0.15, 0.2) is 0 Å². The van der Waals surface area contributed by atoms with Crippen molar-refractivity contribution in [1.29, 1.82) is 0 Å². The first-order valence-electron chi connectivity index (χ1n) is 6.57. The zero-order valence-electron chi connectivity index (χ0n) is 11.8. The number of ether oxygens (including phenoxy) is 1. The Kier molecular flexibility index (Phi) is 10.1. The Bertz CT molecular complexity index is 414. The van der Waals surface area contributed by atoms with Gasteiger partial charge in [0.05, 0.1) is 12.8 Å². The lowest BCUT2D eigenvalue weighted by Gasteiger charge is -2.05. The smallest absolute Gasteiger partial charge is 0.211 e. The molecule has 1 aromatic rings. The molecular formula is C14H23ClN4O. The maximum atomic E-state index is 5.64. The van der Waals surface area contributed by atoms with Gasteiger partial charge in [-0.1, -0.05) is 26.2 Å². The topological polar surface area (TPSA) is 86.0 Å². The molecule has 0 aliphatic rings. The van der Waals surface area contributed by atoms with Crippen LogP contribution in [0.15, 0.2) is 34.5 Å². The Hall–Kier alpha value is -1.75. The Labute approximate surface area is 126 Å². The molecule has 5 nitrogen and oxygen atoms in total.